The molecule has 0 aliphatic carbocycles. The van der Waals surface area contributed by atoms with E-state index in [0.717, 1.165) is 0 Å². The van der Waals surface area contributed by atoms with Crippen LogP contribution in [-0.2, 0) is 16.1 Å². The Labute approximate surface area is 90.6 Å². The van der Waals surface area contributed by atoms with Crippen molar-refractivity contribution < 1.29 is 14.6 Å². The minimum atomic E-state index is 0.0673. The maximum absolute atomic E-state index is 8.47. The molecule has 0 amide bonds. The topological polar surface area (TPSA) is 38.7 Å². The molecule has 0 aliphatic heterocycles. The van der Waals surface area contributed by atoms with E-state index in [9.17, 15) is 0 Å². The molecule has 0 saturated heterocycles. The van der Waals surface area contributed by atoms with Crippen LogP contribution in [0, 0.1) is 6.92 Å². The van der Waals surface area contributed by atoms with Gasteiger partial charge in [-0.05, 0) is 18.1 Å². The molecule has 0 aromatic heterocycles. The lowest BCUT2D eigenvalue weighted by molar-refractivity contribution is 0.0273. The molecule has 0 atom stereocenters. The van der Waals surface area contributed by atoms with Gasteiger partial charge in [-0.3, -0.25) is 0 Å². The highest BCUT2D eigenvalue weighted by Gasteiger charge is 1.96. The zero-order valence-corrected chi connectivity index (χ0v) is 9.11. The molecule has 0 bridgehead atoms. The smallest absolute Gasteiger partial charge is 0.0720 e. The van der Waals surface area contributed by atoms with Crippen molar-refractivity contribution in [1.82, 2.24) is 0 Å². The van der Waals surface area contributed by atoms with Gasteiger partial charge in [-0.1, -0.05) is 24.3 Å². The summed E-state index contributed by atoms with van der Waals surface area (Å²) in [6.07, 6.45) is 0. The summed E-state index contributed by atoms with van der Waals surface area (Å²) in [6, 6.07) is 8.15. The average Bonchev–Trinajstić information content (AvgIpc) is 2.25. The first kappa shape index (κ1) is 12.2. The molecule has 0 heterocycles. The third-order valence-corrected chi connectivity index (χ3v) is 2.13. The molecule has 1 aromatic carbocycles. The SMILES string of the molecule is Cc1ccccc1COCCOCCO. The van der Waals surface area contributed by atoms with Gasteiger partial charge in [0.05, 0.1) is 33.0 Å². The van der Waals surface area contributed by atoms with Gasteiger partial charge in [-0.2, -0.15) is 0 Å². The fraction of sp³-hybridized carbons (Fsp3) is 0.500. The lowest BCUT2D eigenvalue weighted by atomic mass is 10.1. The monoisotopic (exact) mass is 210 g/mol. The Morgan fingerprint density at radius 1 is 1.07 bits per heavy atom. The van der Waals surface area contributed by atoms with Crippen molar-refractivity contribution in [2.24, 2.45) is 0 Å². The maximum atomic E-state index is 8.47. The highest BCUT2D eigenvalue weighted by molar-refractivity contribution is 5.24. The molecule has 84 valence electrons. The van der Waals surface area contributed by atoms with Crippen LogP contribution in [0.25, 0.3) is 0 Å². The molecule has 0 aliphatic rings. The Morgan fingerprint density at radius 3 is 2.53 bits per heavy atom. The first-order valence-electron chi connectivity index (χ1n) is 5.15. The van der Waals surface area contributed by atoms with E-state index in [4.69, 9.17) is 14.6 Å². The van der Waals surface area contributed by atoms with E-state index in [0.29, 0.717) is 26.4 Å². The van der Waals surface area contributed by atoms with Crippen LogP contribution in [0.4, 0.5) is 0 Å². The molecule has 0 saturated carbocycles. The Hall–Kier alpha value is -0.900. The number of hydrogen-bond donors (Lipinski definition) is 1. The third kappa shape index (κ3) is 4.93. The lowest BCUT2D eigenvalue weighted by Gasteiger charge is -2.07. The van der Waals surface area contributed by atoms with Crippen LogP contribution in [0.1, 0.15) is 11.1 Å². The van der Waals surface area contributed by atoms with Crippen LogP contribution in [0.5, 0.6) is 0 Å². The van der Waals surface area contributed by atoms with Gasteiger partial charge in [0.1, 0.15) is 0 Å². The minimum absolute atomic E-state index is 0.0673. The number of hydrogen-bond acceptors (Lipinski definition) is 3. The Kier molecular flexibility index (Phi) is 6.00. The summed E-state index contributed by atoms with van der Waals surface area (Å²) in [6.45, 7) is 4.24. The van der Waals surface area contributed by atoms with Crippen LogP contribution < -0.4 is 0 Å². The van der Waals surface area contributed by atoms with Gasteiger partial charge in [-0.15, -0.1) is 0 Å². The number of aliphatic hydroxyl groups is 1. The van der Waals surface area contributed by atoms with E-state index in [-0.39, 0.29) is 6.61 Å². The van der Waals surface area contributed by atoms with Gasteiger partial charge in [0.15, 0.2) is 0 Å². The van der Waals surface area contributed by atoms with E-state index in [1.807, 2.05) is 12.1 Å². The number of aryl methyl sites for hydroxylation is 1. The number of aliphatic hydroxyl groups excluding tert-OH is 1. The van der Waals surface area contributed by atoms with Crippen LogP contribution in [0.2, 0.25) is 0 Å². The second kappa shape index (κ2) is 7.40. The Balaban J connectivity index is 2.12. The zero-order valence-electron chi connectivity index (χ0n) is 9.11. The Bertz CT molecular complexity index is 273. The molecular weight excluding hydrogens is 192 g/mol. The van der Waals surface area contributed by atoms with Crippen molar-refractivity contribution in [3.8, 4) is 0 Å². The van der Waals surface area contributed by atoms with Crippen molar-refractivity contribution in [3.63, 3.8) is 0 Å². The maximum Gasteiger partial charge on any atom is 0.0720 e. The molecule has 1 rings (SSSR count). The number of rotatable bonds is 7. The van der Waals surface area contributed by atoms with Gasteiger partial charge in [0, 0.05) is 0 Å². The van der Waals surface area contributed by atoms with Crippen molar-refractivity contribution in [2.75, 3.05) is 26.4 Å². The summed E-state index contributed by atoms with van der Waals surface area (Å²) in [4.78, 5) is 0. The normalized spacial score (nSPS) is 10.5. The average molecular weight is 210 g/mol. The molecule has 0 fully saturated rings. The van der Waals surface area contributed by atoms with Gasteiger partial charge in [0.25, 0.3) is 0 Å². The van der Waals surface area contributed by atoms with Crippen molar-refractivity contribution in [1.29, 1.82) is 0 Å². The first-order chi connectivity index (χ1) is 7.34. The van der Waals surface area contributed by atoms with Gasteiger partial charge >= 0.3 is 0 Å². The summed E-state index contributed by atoms with van der Waals surface area (Å²) in [7, 11) is 0. The quantitative estimate of drug-likeness (QED) is 0.693. The second-order valence-electron chi connectivity index (χ2n) is 3.32. The number of benzene rings is 1. The second-order valence-corrected chi connectivity index (χ2v) is 3.32. The highest BCUT2D eigenvalue weighted by atomic mass is 16.5. The van der Waals surface area contributed by atoms with Crippen LogP contribution in [-0.4, -0.2) is 31.5 Å². The van der Waals surface area contributed by atoms with E-state index >= 15 is 0 Å². The summed E-state index contributed by atoms with van der Waals surface area (Å²) in [5.74, 6) is 0. The highest BCUT2D eigenvalue weighted by Crippen LogP contribution is 2.07. The molecule has 0 radical (unpaired) electrons. The van der Waals surface area contributed by atoms with Gasteiger partial charge < -0.3 is 14.6 Å². The molecule has 0 spiro atoms. The summed E-state index contributed by atoms with van der Waals surface area (Å²) in [5.41, 5.74) is 2.45. The van der Waals surface area contributed by atoms with Crippen LogP contribution in [0.15, 0.2) is 24.3 Å². The van der Waals surface area contributed by atoms with Crippen molar-refractivity contribution in [3.05, 3.63) is 35.4 Å². The summed E-state index contributed by atoms with van der Waals surface area (Å²) in [5, 5.41) is 8.47. The Morgan fingerprint density at radius 2 is 1.80 bits per heavy atom. The zero-order chi connectivity index (χ0) is 10.9. The van der Waals surface area contributed by atoms with Crippen molar-refractivity contribution >= 4 is 0 Å². The molecular formula is C12H18O3. The predicted molar refractivity (Wildman–Crippen MR) is 58.7 cm³/mol. The fourth-order valence-corrected chi connectivity index (χ4v) is 1.24. The minimum Gasteiger partial charge on any atom is -0.394 e. The summed E-state index contributed by atoms with van der Waals surface area (Å²) < 4.78 is 10.5. The molecule has 15 heavy (non-hydrogen) atoms. The molecule has 3 nitrogen and oxygen atoms in total. The molecule has 1 aromatic rings. The lowest BCUT2D eigenvalue weighted by Crippen LogP contribution is -2.07. The fourth-order valence-electron chi connectivity index (χ4n) is 1.24. The van der Waals surface area contributed by atoms with Crippen LogP contribution in [0.3, 0.4) is 0 Å². The summed E-state index contributed by atoms with van der Waals surface area (Å²) >= 11 is 0. The van der Waals surface area contributed by atoms with E-state index < -0.39 is 0 Å². The molecule has 3 heteroatoms. The molecule has 1 N–H and O–H groups in total. The van der Waals surface area contributed by atoms with Gasteiger partial charge in [0.2, 0.25) is 0 Å². The van der Waals surface area contributed by atoms with Crippen molar-refractivity contribution in [2.45, 2.75) is 13.5 Å². The third-order valence-electron chi connectivity index (χ3n) is 2.13. The molecule has 0 unspecified atom stereocenters. The van der Waals surface area contributed by atoms with E-state index in [2.05, 4.69) is 19.1 Å². The predicted octanol–water partition coefficient (Wildman–Crippen LogP) is 1.52. The van der Waals surface area contributed by atoms with Crippen LogP contribution >= 0.6 is 0 Å². The standard InChI is InChI=1S/C12H18O3/c1-11-4-2-3-5-12(11)10-15-9-8-14-7-6-13/h2-5,13H,6-10H2,1H3. The van der Waals surface area contributed by atoms with Gasteiger partial charge in [-0.25, -0.2) is 0 Å². The largest absolute Gasteiger partial charge is 0.394 e. The number of ether oxygens (including phenoxy) is 2. The van der Waals surface area contributed by atoms with E-state index in [1.54, 1.807) is 0 Å². The first-order valence-corrected chi connectivity index (χ1v) is 5.15. The van der Waals surface area contributed by atoms with E-state index in [1.165, 1.54) is 11.1 Å².